The zero-order valence-corrected chi connectivity index (χ0v) is 30.0. The third-order valence-corrected chi connectivity index (χ3v) is 11.0. The maximum absolute atomic E-state index is 13.7. The van der Waals surface area contributed by atoms with E-state index < -0.39 is 0 Å². The van der Waals surface area contributed by atoms with Gasteiger partial charge in [0.05, 0.1) is 27.8 Å². The lowest BCUT2D eigenvalue weighted by Crippen LogP contribution is -2.14. The molecule has 9 nitrogen and oxygen atoms in total. The summed E-state index contributed by atoms with van der Waals surface area (Å²) >= 11 is 0. The van der Waals surface area contributed by atoms with Crippen LogP contribution in [0.4, 0.5) is 0 Å². The largest absolute Gasteiger partial charge is 0.287 e. The van der Waals surface area contributed by atoms with E-state index in [0.717, 1.165) is 71.1 Å². The zero-order chi connectivity index (χ0) is 37.6. The molecule has 0 saturated heterocycles. The van der Waals surface area contributed by atoms with E-state index in [0.29, 0.717) is 45.6 Å². The Kier molecular flexibility index (Phi) is 6.58. The molecule has 264 valence electrons. The molecule has 9 heteroatoms. The molecule has 0 N–H and O–H groups in total. The van der Waals surface area contributed by atoms with Gasteiger partial charge in [-0.1, -0.05) is 103 Å². The summed E-state index contributed by atoms with van der Waals surface area (Å²) in [7, 11) is 0. The van der Waals surface area contributed by atoms with E-state index in [4.69, 9.17) is 19.9 Å². The van der Waals surface area contributed by atoms with Crippen molar-refractivity contribution in [1.29, 1.82) is 0 Å². The van der Waals surface area contributed by atoms with Crippen LogP contribution in [0, 0.1) is 0 Å². The van der Waals surface area contributed by atoms with Crippen LogP contribution < -0.4 is 0 Å². The van der Waals surface area contributed by atoms with Gasteiger partial charge >= 0.3 is 0 Å². The first-order valence-electron chi connectivity index (χ1n) is 18.6. The Labute approximate surface area is 324 Å². The fourth-order valence-corrected chi connectivity index (χ4v) is 8.37. The Morgan fingerprint density at radius 1 is 0.474 bits per heavy atom. The van der Waals surface area contributed by atoms with E-state index in [1.165, 1.54) is 6.33 Å². The second-order valence-electron chi connectivity index (χ2n) is 14.2. The molecule has 5 aromatic heterocycles. The molecule has 0 atom stereocenters. The van der Waals surface area contributed by atoms with Gasteiger partial charge in [0, 0.05) is 45.1 Å². The number of rotatable bonds is 4. The van der Waals surface area contributed by atoms with Gasteiger partial charge in [-0.3, -0.25) is 14.3 Å². The summed E-state index contributed by atoms with van der Waals surface area (Å²) in [4.78, 5) is 47.0. The van der Waals surface area contributed by atoms with Crippen molar-refractivity contribution in [3.8, 4) is 51.2 Å². The molecule has 0 spiro atoms. The van der Waals surface area contributed by atoms with Crippen LogP contribution in [-0.2, 0) is 0 Å². The Hall–Kier alpha value is -8.04. The summed E-state index contributed by atoms with van der Waals surface area (Å²) in [6.45, 7) is 0. The van der Waals surface area contributed by atoms with Gasteiger partial charge in [0.15, 0.2) is 11.6 Å². The van der Waals surface area contributed by atoms with Crippen LogP contribution >= 0.6 is 0 Å². The van der Waals surface area contributed by atoms with Crippen molar-refractivity contribution >= 4 is 60.0 Å². The molecule has 11 aromatic rings. The summed E-state index contributed by atoms with van der Waals surface area (Å²) in [5.74, 6) is 1.54. The van der Waals surface area contributed by atoms with Gasteiger partial charge in [-0.15, -0.1) is 0 Å². The number of ketones is 1. The number of nitrogens with zero attached hydrogens (tertiary/aromatic N) is 8. The Balaban J connectivity index is 1.10. The Morgan fingerprint density at radius 2 is 1.18 bits per heavy atom. The average Bonchev–Trinajstić information content (AvgIpc) is 3.62. The molecule has 0 aliphatic heterocycles. The van der Waals surface area contributed by atoms with E-state index >= 15 is 0 Å². The van der Waals surface area contributed by atoms with Crippen LogP contribution in [0.3, 0.4) is 0 Å². The summed E-state index contributed by atoms with van der Waals surface area (Å²) in [5, 5.41) is 7.02. The SMILES string of the molecule is O=C1c2cncnc2-c2nccc3c2c1nc1ccc(-c2ccc4c(c2)c2c5ccccc5ccc2n4-c2nc(-c4ccccc4)nc(-c4ccccc4)n2)cc13. The highest BCUT2D eigenvalue weighted by Gasteiger charge is 2.30. The van der Waals surface area contributed by atoms with Gasteiger partial charge < -0.3 is 0 Å². The third kappa shape index (κ3) is 4.69. The van der Waals surface area contributed by atoms with Crippen molar-refractivity contribution in [3.05, 3.63) is 170 Å². The number of hydrogen-bond acceptors (Lipinski definition) is 8. The lowest BCUT2D eigenvalue weighted by Gasteiger charge is -2.18. The van der Waals surface area contributed by atoms with Gasteiger partial charge in [-0.05, 0) is 63.7 Å². The van der Waals surface area contributed by atoms with Crippen LogP contribution in [0.25, 0.3) is 105 Å². The van der Waals surface area contributed by atoms with Crippen molar-refractivity contribution in [2.45, 2.75) is 0 Å². The van der Waals surface area contributed by atoms with E-state index in [2.05, 4.69) is 86.2 Å². The average molecular weight is 731 g/mol. The van der Waals surface area contributed by atoms with Gasteiger partial charge in [0.25, 0.3) is 0 Å². The first kappa shape index (κ1) is 31.3. The lowest BCUT2D eigenvalue weighted by atomic mass is 9.90. The minimum atomic E-state index is -0.193. The van der Waals surface area contributed by atoms with Gasteiger partial charge in [0.2, 0.25) is 11.7 Å². The van der Waals surface area contributed by atoms with E-state index in [9.17, 15) is 4.79 Å². The first-order valence-corrected chi connectivity index (χ1v) is 18.6. The minimum absolute atomic E-state index is 0.193. The summed E-state index contributed by atoms with van der Waals surface area (Å²) in [6.07, 6.45) is 4.77. The molecule has 1 aliphatic rings. The number of hydrogen-bond donors (Lipinski definition) is 0. The van der Waals surface area contributed by atoms with Gasteiger partial charge in [-0.2, -0.15) is 9.97 Å². The quantitative estimate of drug-likeness (QED) is 0.165. The fraction of sp³-hybridized carbons (Fsp3) is 0. The number of aromatic nitrogens is 8. The number of carbonyl (C=O) groups is 1. The van der Waals surface area contributed by atoms with Crippen molar-refractivity contribution in [1.82, 2.24) is 39.5 Å². The second-order valence-corrected chi connectivity index (χ2v) is 14.2. The molecule has 6 aromatic carbocycles. The second kappa shape index (κ2) is 12.0. The molecule has 0 bridgehead atoms. The number of pyridine rings is 2. The number of fused-ring (bicyclic) bond motifs is 9. The molecule has 1 aliphatic carbocycles. The minimum Gasteiger partial charge on any atom is -0.287 e. The highest BCUT2D eigenvalue weighted by molar-refractivity contribution is 6.27. The molecular weight excluding hydrogens is 705 g/mol. The standard InChI is InChI=1S/C48H26N8O/c57-45-36-25-49-26-51-42(36)43-41-33(21-22-50-43)34-23-30(15-18-37(34)52-44(41)45)31-17-19-38-35(24-31)40-32-14-8-7-9-27(32)16-20-39(40)56(38)48-54-46(28-10-3-1-4-11-28)53-47(55-48)29-12-5-2-6-13-29/h1-26H. The van der Waals surface area contributed by atoms with E-state index in [1.807, 2.05) is 72.8 Å². The van der Waals surface area contributed by atoms with Crippen LogP contribution in [-0.4, -0.2) is 45.2 Å². The van der Waals surface area contributed by atoms with Crippen molar-refractivity contribution < 1.29 is 4.79 Å². The molecule has 5 heterocycles. The van der Waals surface area contributed by atoms with E-state index in [1.54, 1.807) is 12.4 Å². The molecule has 0 amide bonds. The molecule has 0 fully saturated rings. The van der Waals surface area contributed by atoms with Crippen LogP contribution in [0.15, 0.2) is 158 Å². The third-order valence-electron chi connectivity index (χ3n) is 11.0. The Morgan fingerprint density at radius 3 is 1.96 bits per heavy atom. The van der Waals surface area contributed by atoms with Crippen molar-refractivity contribution in [2.75, 3.05) is 0 Å². The predicted octanol–water partition coefficient (Wildman–Crippen LogP) is 10.2. The van der Waals surface area contributed by atoms with Crippen molar-refractivity contribution in [3.63, 3.8) is 0 Å². The highest BCUT2D eigenvalue weighted by Crippen LogP contribution is 2.42. The van der Waals surface area contributed by atoms with Crippen LogP contribution in [0.5, 0.6) is 0 Å². The molecule has 57 heavy (non-hydrogen) atoms. The fourth-order valence-electron chi connectivity index (χ4n) is 8.37. The smallest absolute Gasteiger partial charge is 0.238 e. The van der Waals surface area contributed by atoms with Crippen LogP contribution in [0.1, 0.15) is 16.1 Å². The summed E-state index contributed by atoms with van der Waals surface area (Å²) < 4.78 is 2.16. The van der Waals surface area contributed by atoms with Gasteiger partial charge in [0.1, 0.15) is 17.7 Å². The first-order chi connectivity index (χ1) is 28.2. The normalized spacial score (nSPS) is 12.2. The predicted molar refractivity (Wildman–Crippen MR) is 223 cm³/mol. The number of carbonyl (C=O) groups excluding carboxylic acids is 1. The maximum Gasteiger partial charge on any atom is 0.238 e. The monoisotopic (exact) mass is 730 g/mol. The van der Waals surface area contributed by atoms with E-state index in [-0.39, 0.29) is 5.78 Å². The molecule has 0 radical (unpaired) electrons. The molecule has 0 saturated carbocycles. The summed E-state index contributed by atoms with van der Waals surface area (Å²) in [6, 6.07) is 47.6. The molecule has 0 unspecified atom stereocenters. The highest BCUT2D eigenvalue weighted by atomic mass is 16.1. The molecule has 12 rings (SSSR count). The lowest BCUT2D eigenvalue weighted by molar-refractivity contribution is 0.103. The van der Waals surface area contributed by atoms with Crippen molar-refractivity contribution in [2.24, 2.45) is 0 Å². The summed E-state index contributed by atoms with van der Waals surface area (Å²) in [5.41, 5.74) is 8.54. The molecular formula is C48H26N8O. The van der Waals surface area contributed by atoms with Crippen LogP contribution in [0.2, 0.25) is 0 Å². The maximum atomic E-state index is 13.7. The number of benzene rings is 6. The zero-order valence-electron chi connectivity index (χ0n) is 30.0. The topological polar surface area (TPSA) is 112 Å². The Bertz CT molecular complexity index is 3430. The van der Waals surface area contributed by atoms with Gasteiger partial charge in [-0.25, -0.2) is 19.9 Å².